The van der Waals surface area contributed by atoms with Gasteiger partial charge >= 0.3 is 0 Å². The van der Waals surface area contributed by atoms with Gasteiger partial charge in [0, 0.05) is 18.8 Å². The number of carbonyl (C=O) groups is 1. The molecule has 0 aliphatic heterocycles. The van der Waals surface area contributed by atoms with E-state index in [0.29, 0.717) is 6.54 Å². The number of nitrogens with zero attached hydrogens (tertiary/aromatic N) is 2. The van der Waals surface area contributed by atoms with E-state index in [-0.39, 0.29) is 6.42 Å². The van der Waals surface area contributed by atoms with Gasteiger partial charge in [-0.3, -0.25) is 0 Å². The molecule has 0 fully saturated rings. The second-order valence-corrected chi connectivity index (χ2v) is 5.39. The molecule has 0 aromatic carbocycles. The summed E-state index contributed by atoms with van der Waals surface area (Å²) in [6.07, 6.45) is 12.6. The topological polar surface area (TPSA) is 48.9 Å². The number of carbonyl (C=O) groups excluding carboxylic acids is 1. The van der Waals surface area contributed by atoms with Crippen LogP contribution in [0.15, 0.2) is 12.4 Å². The molecule has 1 heterocycles. The van der Waals surface area contributed by atoms with Crippen molar-refractivity contribution in [2.24, 2.45) is 0 Å². The maximum absolute atomic E-state index is 10.6. The van der Waals surface area contributed by atoms with Crippen LogP contribution in [0.25, 0.3) is 0 Å². The molecule has 114 valence electrons. The van der Waals surface area contributed by atoms with Crippen LogP contribution >= 0.6 is 0 Å². The molecule has 0 saturated carbocycles. The summed E-state index contributed by atoms with van der Waals surface area (Å²) in [5.41, 5.74) is 0. The van der Waals surface area contributed by atoms with Crippen LogP contribution in [0.2, 0.25) is 0 Å². The van der Waals surface area contributed by atoms with Crippen molar-refractivity contribution in [1.82, 2.24) is 4.57 Å². The molecule has 0 radical (unpaired) electrons. The Kier molecular flexibility index (Phi) is 8.00. The zero-order valence-electron chi connectivity index (χ0n) is 12.9. The predicted molar refractivity (Wildman–Crippen MR) is 77.0 cm³/mol. The molecule has 0 aliphatic rings. The van der Waals surface area contributed by atoms with E-state index >= 15 is 0 Å². The molecule has 0 unspecified atom stereocenters. The van der Waals surface area contributed by atoms with Gasteiger partial charge < -0.3 is 9.90 Å². The average Bonchev–Trinajstić information content (AvgIpc) is 2.79. The van der Waals surface area contributed by atoms with Crippen molar-refractivity contribution >= 4 is 5.97 Å². The zero-order chi connectivity index (χ0) is 14.8. The van der Waals surface area contributed by atoms with Crippen LogP contribution in [0.5, 0.6) is 0 Å². The number of rotatable bonds is 11. The third-order valence-corrected chi connectivity index (χ3v) is 3.61. The van der Waals surface area contributed by atoms with Gasteiger partial charge in [-0.2, -0.15) is 0 Å². The number of imidazole rings is 1. The molecule has 0 atom stereocenters. The molecule has 0 saturated heterocycles. The van der Waals surface area contributed by atoms with E-state index in [1.807, 2.05) is 6.20 Å². The highest BCUT2D eigenvalue weighted by atomic mass is 16.4. The molecule has 4 nitrogen and oxygen atoms in total. The highest BCUT2D eigenvalue weighted by Crippen LogP contribution is 2.08. The summed E-state index contributed by atoms with van der Waals surface area (Å²) in [5, 5.41) is 10.6. The third-order valence-electron chi connectivity index (χ3n) is 3.61. The maximum Gasteiger partial charge on any atom is 0.256 e. The molecule has 1 aromatic heterocycles. The van der Waals surface area contributed by atoms with Crippen molar-refractivity contribution in [3.63, 3.8) is 0 Å². The van der Waals surface area contributed by atoms with Crippen molar-refractivity contribution < 1.29 is 14.5 Å². The summed E-state index contributed by atoms with van der Waals surface area (Å²) in [6.45, 7) is 5.91. The summed E-state index contributed by atoms with van der Waals surface area (Å²) in [7, 11) is 0. The molecule has 1 rings (SSSR count). The summed E-state index contributed by atoms with van der Waals surface area (Å²) >= 11 is 0. The van der Waals surface area contributed by atoms with Gasteiger partial charge in [0.25, 0.3) is 5.82 Å². The first-order valence-corrected chi connectivity index (χ1v) is 7.96. The largest absolute Gasteiger partial charge is 0.550 e. The number of hydrogen-bond donors (Lipinski definition) is 0. The summed E-state index contributed by atoms with van der Waals surface area (Å²) in [4.78, 5) is 10.6. The minimum Gasteiger partial charge on any atom is -0.550 e. The van der Waals surface area contributed by atoms with Gasteiger partial charge in [0.2, 0.25) is 0 Å². The lowest BCUT2D eigenvalue weighted by Crippen LogP contribution is -2.37. The minimum absolute atomic E-state index is 0.0869. The fraction of sp³-hybridized carbons (Fsp3) is 0.750. The van der Waals surface area contributed by atoms with Gasteiger partial charge in [-0.15, -0.1) is 0 Å². The Morgan fingerprint density at radius 2 is 1.95 bits per heavy atom. The van der Waals surface area contributed by atoms with Gasteiger partial charge in [0.1, 0.15) is 12.4 Å². The standard InChI is InChI=1S/C16H28N2O2/c1-3-5-6-7-8-9-15-17(11-4-2)13-14-18(15)12-10-16(19)20/h13-14H,3-12H2,1-2H3. The van der Waals surface area contributed by atoms with Gasteiger partial charge in [-0.1, -0.05) is 39.5 Å². The summed E-state index contributed by atoms with van der Waals surface area (Å²) < 4.78 is 4.33. The Morgan fingerprint density at radius 3 is 2.60 bits per heavy atom. The highest BCUT2D eigenvalue weighted by Gasteiger charge is 2.15. The molecule has 4 heteroatoms. The molecule has 0 amide bonds. The molecule has 1 aromatic rings. The summed E-state index contributed by atoms with van der Waals surface area (Å²) in [5.74, 6) is 0.277. The Balaban J connectivity index is 2.57. The quantitative estimate of drug-likeness (QED) is 0.459. The number of hydrogen-bond acceptors (Lipinski definition) is 2. The number of carboxylic acids is 1. The smallest absolute Gasteiger partial charge is 0.256 e. The van der Waals surface area contributed by atoms with Crippen LogP contribution in [0, 0.1) is 0 Å². The molecule has 0 bridgehead atoms. The van der Waals surface area contributed by atoms with E-state index in [1.165, 1.54) is 37.9 Å². The Bertz CT molecular complexity index is 399. The van der Waals surface area contributed by atoms with Crippen molar-refractivity contribution in [2.75, 3.05) is 0 Å². The van der Waals surface area contributed by atoms with Crippen LogP contribution in [-0.2, 0) is 24.3 Å². The van der Waals surface area contributed by atoms with Crippen molar-refractivity contribution in [3.8, 4) is 0 Å². The fourth-order valence-corrected chi connectivity index (χ4v) is 2.53. The third kappa shape index (κ3) is 5.76. The van der Waals surface area contributed by atoms with Gasteiger partial charge in [0.05, 0.1) is 13.1 Å². The molecule has 20 heavy (non-hydrogen) atoms. The normalized spacial score (nSPS) is 10.9. The van der Waals surface area contributed by atoms with Crippen LogP contribution in [0.3, 0.4) is 0 Å². The number of aromatic nitrogens is 2. The second-order valence-electron chi connectivity index (χ2n) is 5.39. The summed E-state index contributed by atoms with van der Waals surface area (Å²) in [6, 6.07) is 0. The molecule has 0 aliphatic carbocycles. The van der Waals surface area contributed by atoms with Crippen LogP contribution in [0.4, 0.5) is 0 Å². The number of carboxylic acid groups (broad SMARTS) is 1. The van der Waals surface area contributed by atoms with Crippen LogP contribution in [0.1, 0.15) is 64.6 Å². The van der Waals surface area contributed by atoms with E-state index in [0.717, 1.165) is 19.4 Å². The molecule has 0 spiro atoms. The number of aliphatic carboxylic acids is 1. The second kappa shape index (κ2) is 9.56. The number of aryl methyl sites for hydroxylation is 2. The van der Waals surface area contributed by atoms with E-state index < -0.39 is 5.97 Å². The van der Waals surface area contributed by atoms with Gasteiger partial charge in [0.15, 0.2) is 0 Å². The first-order chi connectivity index (χ1) is 9.69. The molecule has 0 N–H and O–H groups in total. The van der Waals surface area contributed by atoms with E-state index in [9.17, 15) is 9.90 Å². The number of unbranched alkanes of at least 4 members (excludes halogenated alkanes) is 4. The Hall–Kier alpha value is -1.32. The van der Waals surface area contributed by atoms with E-state index in [2.05, 4.69) is 29.2 Å². The monoisotopic (exact) mass is 280 g/mol. The predicted octanol–water partition coefficient (Wildman–Crippen LogP) is 1.84. The maximum atomic E-state index is 10.6. The van der Waals surface area contributed by atoms with Crippen LogP contribution in [-0.4, -0.2) is 10.5 Å². The van der Waals surface area contributed by atoms with Crippen molar-refractivity contribution in [2.45, 2.75) is 78.3 Å². The minimum atomic E-state index is -0.977. The molecular formula is C16H28N2O2. The van der Waals surface area contributed by atoms with Crippen molar-refractivity contribution in [3.05, 3.63) is 18.2 Å². The zero-order valence-corrected chi connectivity index (χ0v) is 12.9. The Morgan fingerprint density at radius 1 is 1.20 bits per heavy atom. The molecular weight excluding hydrogens is 252 g/mol. The lowest BCUT2D eigenvalue weighted by molar-refractivity contribution is -0.703. The van der Waals surface area contributed by atoms with E-state index in [4.69, 9.17) is 0 Å². The highest BCUT2D eigenvalue weighted by molar-refractivity contribution is 5.64. The first-order valence-electron chi connectivity index (χ1n) is 7.96. The van der Waals surface area contributed by atoms with E-state index in [1.54, 1.807) is 0 Å². The lowest BCUT2D eigenvalue weighted by Gasteiger charge is -2.05. The van der Waals surface area contributed by atoms with Gasteiger partial charge in [-0.25, -0.2) is 9.13 Å². The SMILES string of the molecule is CCCCCCCc1n(CCC(=O)[O-])cc[n+]1CCC. The fourth-order valence-electron chi connectivity index (χ4n) is 2.53. The van der Waals surface area contributed by atoms with Gasteiger partial charge in [-0.05, 0) is 12.8 Å². The Labute approximate surface area is 122 Å². The van der Waals surface area contributed by atoms with Crippen molar-refractivity contribution in [1.29, 1.82) is 0 Å². The van der Waals surface area contributed by atoms with Crippen LogP contribution < -0.4 is 9.67 Å². The first kappa shape index (κ1) is 16.7. The average molecular weight is 280 g/mol. The lowest BCUT2D eigenvalue weighted by atomic mass is 10.1.